The average molecular weight is 260 g/mol. The van der Waals surface area contributed by atoms with Crippen LogP contribution in [0.4, 0.5) is 0 Å². The van der Waals surface area contributed by atoms with Crippen LogP contribution in [-0.2, 0) is 19.1 Å². The topological polar surface area (TPSA) is 93.1 Å². The fraction of sp³-hybridized carbons (Fsp3) is 0.833. The summed E-state index contributed by atoms with van der Waals surface area (Å²) in [7, 11) is 0. The van der Waals surface area contributed by atoms with Crippen LogP contribution in [-0.4, -0.2) is 48.6 Å². The smallest absolute Gasteiger partial charge is 0.344 e. The number of hydrogen-bond acceptors (Lipinski definition) is 6. The second-order valence-corrected chi connectivity index (χ2v) is 4.57. The van der Waals surface area contributed by atoms with Gasteiger partial charge in [0.1, 0.15) is 0 Å². The molecule has 0 atom stereocenters. The minimum Gasteiger partial charge on any atom is -0.451 e. The van der Waals surface area contributed by atoms with Crippen LogP contribution in [0.5, 0.6) is 0 Å². The van der Waals surface area contributed by atoms with Crippen LogP contribution in [0.1, 0.15) is 25.7 Å². The number of aliphatic hydroxyl groups excluding tert-OH is 2. The highest BCUT2D eigenvalue weighted by Gasteiger charge is 2.19. The molecule has 1 saturated heterocycles. The van der Waals surface area contributed by atoms with Crippen LogP contribution in [0.3, 0.4) is 0 Å². The maximum absolute atomic E-state index is 10.1. The zero-order chi connectivity index (χ0) is 13.4. The van der Waals surface area contributed by atoms with Gasteiger partial charge in [0.05, 0.1) is 0 Å². The largest absolute Gasteiger partial charge is 0.451 e. The van der Waals surface area contributed by atoms with E-state index in [2.05, 4.69) is 9.47 Å². The molecule has 0 amide bonds. The van der Waals surface area contributed by atoms with Crippen molar-refractivity contribution < 1.29 is 29.3 Å². The summed E-state index contributed by atoms with van der Waals surface area (Å²) >= 11 is 0. The lowest BCUT2D eigenvalue weighted by Gasteiger charge is -2.25. The first-order chi connectivity index (χ1) is 8.65. The Bertz CT molecular complexity index is 230. The molecule has 0 spiro atoms. The molecule has 2 N–H and O–H groups in total. The minimum atomic E-state index is -0.482. The molecule has 2 rings (SSSR count). The zero-order valence-electron chi connectivity index (χ0n) is 10.3. The van der Waals surface area contributed by atoms with Crippen molar-refractivity contribution in [2.75, 3.05) is 26.4 Å². The van der Waals surface area contributed by atoms with Gasteiger partial charge in [0, 0.05) is 13.2 Å². The molecule has 0 unspecified atom stereocenters. The number of aliphatic hydroxyl groups is 2. The van der Waals surface area contributed by atoms with Gasteiger partial charge in [-0.25, -0.2) is 9.59 Å². The first kappa shape index (κ1) is 14.9. The van der Waals surface area contributed by atoms with Crippen molar-refractivity contribution >= 4 is 11.9 Å². The highest BCUT2D eigenvalue weighted by Crippen LogP contribution is 2.27. The molecule has 18 heavy (non-hydrogen) atoms. The first-order valence-electron chi connectivity index (χ1n) is 6.18. The van der Waals surface area contributed by atoms with E-state index in [-0.39, 0.29) is 13.2 Å². The second kappa shape index (κ2) is 8.05. The number of rotatable bonds is 2. The lowest BCUT2D eigenvalue weighted by Crippen LogP contribution is -2.27. The van der Waals surface area contributed by atoms with Gasteiger partial charge in [-0.1, -0.05) is 0 Å². The summed E-state index contributed by atoms with van der Waals surface area (Å²) in [5, 5.41) is 17.6. The molecule has 1 saturated carbocycles. The standard InChI is InChI=1S/C8H16O2.C4H4O4/c9-5-7-1-2-8(6-10)4-3-7;5-3-1-7-4(6)2-8-3/h7-10H,1-6H2;1-2H2. The lowest BCUT2D eigenvalue weighted by molar-refractivity contribution is -0.174. The number of ether oxygens (including phenoxy) is 2. The number of cyclic esters (lactones) is 2. The fourth-order valence-corrected chi connectivity index (χ4v) is 1.96. The van der Waals surface area contributed by atoms with Crippen molar-refractivity contribution in [1.82, 2.24) is 0 Å². The van der Waals surface area contributed by atoms with Crippen LogP contribution >= 0.6 is 0 Å². The number of carbonyl (C=O) groups is 2. The summed E-state index contributed by atoms with van der Waals surface area (Å²) in [4.78, 5) is 20.2. The third-order valence-electron chi connectivity index (χ3n) is 3.18. The molecule has 0 radical (unpaired) electrons. The molecular formula is C12H20O6. The van der Waals surface area contributed by atoms with Crippen molar-refractivity contribution in [1.29, 1.82) is 0 Å². The van der Waals surface area contributed by atoms with E-state index in [0.717, 1.165) is 25.7 Å². The predicted octanol–water partition coefficient (Wildman–Crippen LogP) is -0.136. The molecule has 1 heterocycles. The van der Waals surface area contributed by atoms with E-state index in [0.29, 0.717) is 25.0 Å². The monoisotopic (exact) mass is 260 g/mol. The summed E-state index contributed by atoms with van der Waals surface area (Å²) in [6.07, 6.45) is 4.40. The predicted molar refractivity (Wildman–Crippen MR) is 61.5 cm³/mol. The normalized spacial score (nSPS) is 27.7. The van der Waals surface area contributed by atoms with Gasteiger partial charge in [-0.15, -0.1) is 0 Å². The zero-order valence-corrected chi connectivity index (χ0v) is 10.3. The Morgan fingerprint density at radius 1 is 0.833 bits per heavy atom. The summed E-state index contributed by atoms with van der Waals surface area (Å²) in [5.41, 5.74) is 0. The van der Waals surface area contributed by atoms with Crippen LogP contribution in [0.15, 0.2) is 0 Å². The maximum atomic E-state index is 10.1. The van der Waals surface area contributed by atoms with Gasteiger partial charge in [-0.2, -0.15) is 0 Å². The van der Waals surface area contributed by atoms with Crippen LogP contribution in [0.25, 0.3) is 0 Å². The van der Waals surface area contributed by atoms with Crippen LogP contribution in [0.2, 0.25) is 0 Å². The van der Waals surface area contributed by atoms with Gasteiger partial charge >= 0.3 is 11.9 Å². The Kier molecular flexibility index (Phi) is 6.67. The number of esters is 2. The van der Waals surface area contributed by atoms with Crippen molar-refractivity contribution in [2.24, 2.45) is 11.8 Å². The van der Waals surface area contributed by atoms with Crippen molar-refractivity contribution in [2.45, 2.75) is 25.7 Å². The van der Waals surface area contributed by atoms with Gasteiger partial charge < -0.3 is 19.7 Å². The summed E-state index contributed by atoms with van der Waals surface area (Å²) < 4.78 is 8.55. The number of carbonyl (C=O) groups excluding carboxylic acids is 2. The Labute approximate surface area is 106 Å². The average Bonchev–Trinajstić information content (AvgIpc) is 2.43. The lowest BCUT2D eigenvalue weighted by atomic mass is 9.83. The molecule has 0 aromatic heterocycles. The molecule has 0 aromatic carbocycles. The third-order valence-corrected chi connectivity index (χ3v) is 3.18. The van der Waals surface area contributed by atoms with Gasteiger partial charge in [0.15, 0.2) is 13.2 Å². The third kappa shape index (κ3) is 5.46. The summed E-state index contributed by atoms with van der Waals surface area (Å²) in [6.45, 7) is 0.188. The SMILES string of the molecule is O=C1COC(=O)CO1.OCC1CCC(CO)CC1. The van der Waals surface area contributed by atoms with Crippen LogP contribution < -0.4 is 0 Å². The summed E-state index contributed by atoms with van der Waals surface area (Å²) in [5.74, 6) is 0.0693. The molecule has 2 aliphatic rings. The molecule has 6 nitrogen and oxygen atoms in total. The second-order valence-electron chi connectivity index (χ2n) is 4.57. The molecule has 2 fully saturated rings. The quantitative estimate of drug-likeness (QED) is 0.671. The van der Waals surface area contributed by atoms with E-state index in [9.17, 15) is 9.59 Å². The highest BCUT2D eigenvalue weighted by molar-refractivity contribution is 5.82. The minimum absolute atomic E-state index is 0.237. The van der Waals surface area contributed by atoms with Crippen LogP contribution in [0, 0.1) is 11.8 Å². The van der Waals surface area contributed by atoms with Gasteiger partial charge in [-0.3, -0.25) is 0 Å². The fourth-order valence-electron chi connectivity index (χ4n) is 1.96. The van der Waals surface area contributed by atoms with Crippen molar-refractivity contribution in [3.05, 3.63) is 0 Å². The number of hydrogen-bond donors (Lipinski definition) is 2. The van der Waals surface area contributed by atoms with Gasteiger partial charge in [-0.05, 0) is 37.5 Å². The Morgan fingerprint density at radius 3 is 1.39 bits per heavy atom. The Balaban J connectivity index is 0.000000184. The van der Waals surface area contributed by atoms with E-state index in [1.165, 1.54) is 0 Å². The van der Waals surface area contributed by atoms with Crippen molar-refractivity contribution in [3.63, 3.8) is 0 Å². The molecule has 1 aliphatic carbocycles. The van der Waals surface area contributed by atoms with Gasteiger partial charge in [0.25, 0.3) is 0 Å². The molecule has 6 heteroatoms. The Morgan fingerprint density at radius 2 is 1.17 bits per heavy atom. The molecule has 1 aliphatic heterocycles. The van der Waals surface area contributed by atoms with E-state index in [1.807, 2.05) is 0 Å². The van der Waals surface area contributed by atoms with Gasteiger partial charge in [0.2, 0.25) is 0 Å². The van der Waals surface area contributed by atoms with E-state index >= 15 is 0 Å². The maximum Gasteiger partial charge on any atom is 0.344 e. The van der Waals surface area contributed by atoms with E-state index in [4.69, 9.17) is 10.2 Å². The highest BCUT2D eigenvalue weighted by atomic mass is 16.6. The summed E-state index contributed by atoms with van der Waals surface area (Å²) in [6, 6.07) is 0. The van der Waals surface area contributed by atoms with E-state index < -0.39 is 11.9 Å². The molecule has 104 valence electrons. The Hall–Kier alpha value is -1.14. The molecular weight excluding hydrogens is 240 g/mol. The first-order valence-corrected chi connectivity index (χ1v) is 6.18. The molecule has 0 bridgehead atoms. The van der Waals surface area contributed by atoms with E-state index in [1.54, 1.807) is 0 Å². The van der Waals surface area contributed by atoms with Crippen molar-refractivity contribution in [3.8, 4) is 0 Å². The molecule has 0 aromatic rings.